The molecule has 0 aromatic rings. The van der Waals surface area contributed by atoms with Crippen LogP contribution in [0.2, 0.25) is 0 Å². The van der Waals surface area contributed by atoms with Crippen molar-refractivity contribution < 1.29 is 54.0 Å². The number of aliphatic hydroxyl groups excluding tert-OH is 1. The number of rotatable bonds is 15. The number of nitrogens with two attached hydrogens (primary N) is 2. The summed E-state index contributed by atoms with van der Waals surface area (Å²) in [4.78, 5) is 81.0. The second-order valence-corrected chi connectivity index (χ2v) is 6.99. The minimum absolute atomic E-state index is 0.534. The number of carboxylic acid groups (broad SMARTS) is 3. The number of aliphatic hydroxyl groups is 1. The van der Waals surface area contributed by atoms with Crippen LogP contribution >= 0.6 is 0 Å². The van der Waals surface area contributed by atoms with Crippen molar-refractivity contribution >= 4 is 41.5 Å². The molecule has 0 rings (SSSR count). The van der Waals surface area contributed by atoms with Crippen LogP contribution in [0.15, 0.2) is 0 Å². The van der Waals surface area contributed by atoms with Crippen LogP contribution < -0.4 is 27.4 Å². The molecule has 0 saturated carbocycles. The zero-order chi connectivity index (χ0) is 25.9. The number of amides is 4. The van der Waals surface area contributed by atoms with E-state index >= 15 is 0 Å². The number of hydrogen-bond donors (Lipinski definition) is 9. The van der Waals surface area contributed by atoms with E-state index in [1.807, 2.05) is 16.0 Å². The van der Waals surface area contributed by atoms with Crippen LogP contribution in [-0.4, -0.2) is 92.2 Å². The van der Waals surface area contributed by atoms with Gasteiger partial charge in [-0.05, 0) is 13.3 Å². The zero-order valence-electron chi connectivity index (χ0n) is 17.5. The van der Waals surface area contributed by atoms with E-state index in [1.165, 1.54) is 0 Å². The number of aliphatic carboxylic acids is 3. The van der Waals surface area contributed by atoms with Gasteiger partial charge in [-0.25, -0.2) is 4.79 Å². The average Bonchev–Trinajstić information content (AvgIpc) is 2.66. The van der Waals surface area contributed by atoms with Gasteiger partial charge in [0.2, 0.25) is 23.6 Å². The molecule has 0 heterocycles. The van der Waals surface area contributed by atoms with Crippen LogP contribution in [0.3, 0.4) is 0 Å². The van der Waals surface area contributed by atoms with E-state index in [9.17, 15) is 38.7 Å². The van der Waals surface area contributed by atoms with Gasteiger partial charge in [0.15, 0.2) is 6.04 Å². The highest BCUT2D eigenvalue weighted by atomic mass is 16.4. The van der Waals surface area contributed by atoms with Gasteiger partial charge in [-0.1, -0.05) is 0 Å². The zero-order valence-corrected chi connectivity index (χ0v) is 17.5. The maximum absolute atomic E-state index is 12.6. The Morgan fingerprint density at radius 1 is 0.788 bits per heavy atom. The van der Waals surface area contributed by atoms with E-state index in [1.54, 1.807) is 0 Å². The van der Waals surface area contributed by atoms with Crippen molar-refractivity contribution in [3.63, 3.8) is 0 Å². The third-order valence-corrected chi connectivity index (χ3v) is 4.10. The molecule has 16 heteroatoms. The van der Waals surface area contributed by atoms with Gasteiger partial charge in [-0.3, -0.25) is 28.8 Å². The minimum Gasteiger partial charge on any atom is -0.481 e. The maximum atomic E-state index is 12.6. The average molecular weight is 477 g/mol. The van der Waals surface area contributed by atoms with Crippen LogP contribution in [0, 0.1) is 0 Å². The van der Waals surface area contributed by atoms with Crippen molar-refractivity contribution in [3.05, 3.63) is 0 Å². The molecule has 16 nitrogen and oxygen atoms in total. The number of nitrogens with one attached hydrogen (secondary N) is 3. The van der Waals surface area contributed by atoms with Gasteiger partial charge in [-0.2, -0.15) is 0 Å². The Kier molecular flexibility index (Phi) is 12.0. The largest absolute Gasteiger partial charge is 0.481 e. The van der Waals surface area contributed by atoms with Gasteiger partial charge < -0.3 is 47.8 Å². The van der Waals surface area contributed by atoms with E-state index in [2.05, 4.69) is 0 Å². The van der Waals surface area contributed by atoms with Crippen LogP contribution in [-0.2, 0) is 33.6 Å². The second kappa shape index (κ2) is 13.6. The number of carbonyl (C=O) groups excluding carboxylic acids is 4. The Morgan fingerprint density at radius 2 is 1.30 bits per heavy atom. The van der Waals surface area contributed by atoms with Gasteiger partial charge >= 0.3 is 17.9 Å². The number of hydrogen-bond acceptors (Lipinski definition) is 9. The van der Waals surface area contributed by atoms with Crippen LogP contribution in [0.1, 0.15) is 32.6 Å². The highest BCUT2D eigenvalue weighted by molar-refractivity contribution is 5.96. The van der Waals surface area contributed by atoms with Gasteiger partial charge in [-0.15, -0.1) is 0 Å². The quantitative estimate of drug-likeness (QED) is 0.108. The van der Waals surface area contributed by atoms with Gasteiger partial charge in [0.1, 0.15) is 12.1 Å². The van der Waals surface area contributed by atoms with Crippen molar-refractivity contribution in [3.8, 4) is 0 Å². The molecule has 0 aromatic carbocycles. The van der Waals surface area contributed by atoms with Crippen molar-refractivity contribution in [1.82, 2.24) is 16.0 Å². The summed E-state index contributed by atoms with van der Waals surface area (Å²) in [6, 6.07) is -6.74. The Morgan fingerprint density at radius 3 is 1.73 bits per heavy atom. The van der Waals surface area contributed by atoms with Gasteiger partial charge in [0.25, 0.3) is 0 Å². The molecule has 5 unspecified atom stereocenters. The van der Waals surface area contributed by atoms with Crippen molar-refractivity contribution in [2.24, 2.45) is 11.5 Å². The van der Waals surface area contributed by atoms with Crippen molar-refractivity contribution in [2.45, 2.75) is 62.9 Å². The molecule has 186 valence electrons. The summed E-state index contributed by atoms with van der Waals surface area (Å²) in [5.41, 5.74) is 10.4. The fourth-order valence-electron chi connectivity index (χ4n) is 2.42. The van der Waals surface area contributed by atoms with Gasteiger partial charge in [0.05, 0.1) is 25.0 Å². The number of primary amides is 1. The molecule has 0 aliphatic rings. The minimum atomic E-state index is -1.79. The Balaban J connectivity index is 5.60. The SMILES string of the molecule is CC(O)C(NC(=O)C(CCC(=O)O)NC(=O)C(CC(=O)O)NC(=O)C(N)CC(N)=O)C(=O)O. The Labute approximate surface area is 186 Å². The molecule has 0 fully saturated rings. The topological polar surface area (TPSA) is 289 Å². The van der Waals surface area contributed by atoms with Gasteiger partial charge in [0, 0.05) is 6.42 Å². The van der Waals surface area contributed by atoms with Crippen molar-refractivity contribution in [1.29, 1.82) is 0 Å². The molecule has 11 N–H and O–H groups in total. The first-order valence-electron chi connectivity index (χ1n) is 9.45. The molecule has 0 radical (unpaired) electrons. The Hall–Kier alpha value is -3.79. The smallest absolute Gasteiger partial charge is 0.328 e. The molecule has 4 amide bonds. The molecule has 0 saturated heterocycles. The third kappa shape index (κ3) is 11.4. The predicted molar refractivity (Wildman–Crippen MR) is 106 cm³/mol. The molecule has 0 aliphatic heterocycles. The van der Waals surface area contributed by atoms with Crippen LogP contribution in [0.25, 0.3) is 0 Å². The summed E-state index contributed by atoms with van der Waals surface area (Å²) in [6.45, 7) is 1.07. The number of carboxylic acids is 3. The number of carbonyl (C=O) groups is 7. The molecular formula is C17H27N5O11. The molecule has 0 bridgehead atoms. The molecule has 0 aromatic heterocycles. The first kappa shape index (κ1) is 29.2. The Bertz CT molecular complexity index is 785. The summed E-state index contributed by atoms with van der Waals surface area (Å²) in [5.74, 6) is -8.95. The first-order valence-corrected chi connectivity index (χ1v) is 9.45. The lowest BCUT2D eigenvalue weighted by molar-refractivity contribution is -0.146. The van der Waals surface area contributed by atoms with E-state index in [4.69, 9.17) is 26.8 Å². The highest BCUT2D eigenvalue weighted by Crippen LogP contribution is 2.04. The lowest BCUT2D eigenvalue weighted by Gasteiger charge is -2.25. The summed E-state index contributed by atoms with van der Waals surface area (Å²) in [6.07, 6.45) is -4.31. The second-order valence-electron chi connectivity index (χ2n) is 6.99. The van der Waals surface area contributed by atoms with Crippen molar-refractivity contribution in [2.75, 3.05) is 0 Å². The van der Waals surface area contributed by atoms with E-state index in [0.717, 1.165) is 6.92 Å². The summed E-state index contributed by atoms with van der Waals surface area (Å²) < 4.78 is 0. The molecule has 33 heavy (non-hydrogen) atoms. The molecular weight excluding hydrogens is 450 g/mol. The molecule has 0 aliphatic carbocycles. The molecule has 0 spiro atoms. The highest BCUT2D eigenvalue weighted by Gasteiger charge is 2.33. The lowest BCUT2D eigenvalue weighted by atomic mass is 10.1. The van der Waals surface area contributed by atoms with E-state index in [0.29, 0.717) is 0 Å². The lowest BCUT2D eigenvalue weighted by Crippen LogP contribution is -2.58. The third-order valence-electron chi connectivity index (χ3n) is 4.10. The first-order chi connectivity index (χ1) is 15.1. The molecule has 5 atom stereocenters. The predicted octanol–water partition coefficient (Wildman–Crippen LogP) is -4.55. The van der Waals surface area contributed by atoms with E-state index < -0.39 is 97.5 Å². The maximum Gasteiger partial charge on any atom is 0.328 e. The standard InChI is InChI=1S/C17H27N5O11/c1-6(23)13(17(32)33)22-15(30)8(2-3-11(25)26)20-16(31)9(5-12(27)28)21-14(29)7(18)4-10(19)24/h6-9,13,23H,2-5,18H2,1H3,(H2,19,24)(H,20,31)(H,21,29)(H,22,30)(H,25,26)(H,27,28)(H,32,33). The summed E-state index contributed by atoms with van der Waals surface area (Å²) in [5, 5.41) is 42.4. The fourth-order valence-corrected chi connectivity index (χ4v) is 2.42. The summed E-state index contributed by atoms with van der Waals surface area (Å²) >= 11 is 0. The van der Waals surface area contributed by atoms with Crippen LogP contribution in [0.5, 0.6) is 0 Å². The normalized spacial score (nSPS) is 15.1. The fraction of sp³-hybridized carbons (Fsp3) is 0.588. The van der Waals surface area contributed by atoms with Crippen LogP contribution in [0.4, 0.5) is 0 Å². The summed E-state index contributed by atoms with van der Waals surface area (Å²) in [7, 11) is 0. The monoisotopic (exact) mass is 477 g/mol. The van der Waals surface area contributed by atoms with E-state index in [-0.39, 0.29) is 0 Å².